The average molecular weight is 200 g/mol. The van der Waals surface area contributed by atoms with Gasteiger partial charge in [-0.05, 0) is 19.8 Å². The van der Waals surface area contributed by atoms with Crippen molar-refractivity contribution in [3.8, 4) is 0 Å². The van der Waals surface area contributed by atoms with Gasteiger partial charge in [0, 0.05) is 26.2 Å². The lowest BCUT2D eigenvalue weighted by Crippen LogP contribution is -2.37. The first kappa shape index (κ1) is 11.5. The number of amides is 1. The Kier molecular flexibility index (Phi) is 4.90. The fraction of sp³-hybridized carbons (Fsp3) is 0.900. The van der Waals surface area contributed by atoms with Crippen LogP contribution in [0.3, 0.4) is 0 Å². The van der Waals surface area contributed by atoms with Crippen LogP contribution in [0, 0.1) is 0 Å². The van der Waals surface area contributed by atoms with E-state index in [1.165, 1.54) is 12.8 Å². The molecule has 0 aromatic rings. The van der Waals surface area contributed by atoms with Crippen LogP contribution in [0.5, 0.6) is 0 Å². The molecular formula is C10H20N2O2. The summed E-state index contributed by atoms with van der Waals surface area (Å²) in [6.45, 7) is 4.55. The predicted octanol–water partition coefficient (Wildman–Crippen LogP) is 0.233. The van der Waals surface area contributed by atoms with Crippen LogP contribution in [0.15, 0.2) is 0 Å². The second-order valence-corrected chi connectivity index (χ2v) is 3.61. The Hall–Kier alpha value is -0.610. The Bertz CT molecular complexity index is 181. The highest BCUT2D eigenvalue weighted by Gasteiger charge is 2.28. The van der Waals surface area contributed by atoms with Gasteiger partial charge in [0.1, 0.15) is 0 Å². The molecule has 4 nitrogen and oxygen atoms in total. The number of carbonyl (C=O) groups excluding carboxylic acids is 1. The normalized spacial score (nSPS) is 15.6. The number of likely N-dealkylation sites (N-methyl/N-ethyl adjacent to an activating group) is 1. The van der Waals surface area contributed by atoms with E-state index in [-0.39, 0.29) is 5.91 Å². The van der Waals surface area contributed by atoms with Crippen molar-refractivity contribution in [3.63, 3.8) is 0 Å². The Morgan fingerprint density at radius 3 is 2.86 bits per heavy atom. The van der Waals surface area contributed by atoms with Crippen molar-refractivity contribution in [1.82, 2.24) is 10.2 Å². The third-order valence-electron chi connectivity index (χ3n) is 2.39. The summed E-state index contributed by atoms with van der Waals surface area (Å²) in [6.07, 6.45) is 2.34. The second-order valence-electron chi connectivity index (χ2n) is 3.61. The molecule has 0 atom stereocenters. The topological polar surface area (TPSA) is 41.6 Å². The lowest BCUT2D eigenvalue weighted by molar-refractivity contribution is -0.129. The zero-order chi connectivity index (χ0) is 10.4. The molecule has 4 heteroatoms. The number of hydrogen-bond donors (Lipinski definition) is 1. The number of nitrogens with one attached hydrogen (secondary N) is 1. The monoisotopic (exact) mass is 200 g/mol. The molecule has 0 bridgehead atoms. The summed E-state index contributed by atoms with van der Waals surface area (Å²) in [5.74, 6) is 0.184. The van der Waals surface area contributed by atoms with Crippen LogP contribution in [0.1, 0.15) is 19.8 Å². The summed E-state index contributed by atoms with van der Waals surface area (Å²) < 4.78 is 5.15. The zero-order valence-electron chi connectivity index (χ0n) is 9.08. The minimum absolute atomic E-state index is 0.184. The van der Waals surface area contributed by atoms with Crippen molar-refractivity contribution in [2.75, 3.05) is 33.4 Å². The van der Waals surface area contributed by atoms with E-state index in [1.807, 2.05) is 18.9 Å². The zero-order valence-corrected chi connectivity index (χ0v) is 9.08. The van der Waals surface area contributed by atoms with E-state index in [4.69, 9.17) is 4.74 Å². The minimum Gasteiger partial charge on any atom is -0.380 e. The maximum atomic E-state index is 11.5. The Labute approximate surface area is 85.6 Å². The molecule has 0 unspecified atom stereocenters. The molecule has 1 saturated carbocycles. The van der Waals surface area contributed by atoms with Gasteiger partial charge in [-0.2, -0.15) is 0 Å². The SMILES string of the molecule is CCOCCNCC(=O)N(C)C1CC1. The van der Waals surface area contributed by atoms with E-state index in [0.717, 1.165) is 13.2 Å². The number of ether oxygens (including phenoxy) is 1. The van der Waals surface area contributed by atoms with E-state index in [0.29, 0.717) is 19.2 Å². The van der Waals surface area contributed by atoms with E-state index in [9.17, 15) is 4.79 Å². The van der Waals surface area contributed by atoms with Crippen molar-refractivity contribution in [1.29, 1.82) is 0 Å². The molecule has 1 amide bonds. The van der Waals surface area contributed by atoms with Crippen LogP contribution in [0.4, 0.5) is 0 Å². The molecule has 0 aliphatic heterocycles. The highest BCUT2D eigenvalue weighted by molar-refractivity contribution is 5.78. The first-order valence-electron chi connectivity index (χ1n) is 5.29. The number of hydrogen-bond acceptors (Lipinski definition) is 3. The lowest BCUT2D eigenvalue weighted by atomic mass is 10.4. The number of rotatable bonds is 7. The van der Waals surface area contributed by atoms with E-state index in [2.05, 4.69) is 5.32 Å². The maximum absolute atomic E-state index is 11.5. The molecule has 0 spiro atoms. The van der Waals surface area contributed by atoms with Gasteiger partial charge in [0.15, 0.2) is 0 Å². The van der Waals surface area contributed by atoms with E-state index in [1.54, 1.807) is 0 Å². The molecule has 14 heavy (non-hydrogen) atoms. The first-order valence-corrected chi connectivity index (χ1v) is 5.29. The van der Waals surface area contributed by atoms with Gasteiger partial charge in [0.25, 0.3) is 0 Å². The highest BCUT2D eigenvalue weighted by atomic mass is 16.5. The van der Waals surface area contributed by atoms with Crippen LogP contribution < -0.4 is 5.32 Å². The second kappa shape index (κ2) is 5.98. The third kappa shape index (κ3) is 4.07. The quantitative estimate of drug-likeness (QED) is 0.598. The predicted molar refractivity (Wildman–Crippen MR) is 55.2 cm³/mol. The van der Waals surface area contributed by atoms with Gasteiger partial charge in [0.05, 0.1) is 13.2 Å². The number of carbonyl (C=O) groups is 1. The molecule has 0 aromatic heterocycles. The molecule has 1 rings (SSSR count). The average Bonchev–Trinajstić information content (AvgIpc) is 2.99. The molecule has 0 radical (unpaired) electrons. The standard InChI is InChI=1S/C10H20N2O2/c1-3-14-7-6-11-8-10(13)12(2)9-4-5-9/h9,11H,3-8H2,1-2H3. The van der Waals surface area contributed by atoms with Crippen molar-refractivity contribution in [2.45, 2.75) is 25.8 Å². The Morgan fingerprint density at radius 2 is 2.29 bits per heavy atom. The van der Waals surface area contributed by atoms with E-state index >= 15 is 0 Å². The summed E-state index contributed by atoms with van der Waals surface area (Å²) in [6, 6.07) is 0.510. The summed E-state index contributed by atoms with van der Waals surface area (Å²) in [7, 11) is 1.88. The highest BCUT2D eigenvalue weighted by Crippen LogP contribution is 2.24. The molecular weight excluding hydrogens is 180 g/mol. The van der Waals surface area contributed by atoms with Crippen LogP contribution in [0.25, 0.3) is 0 Å². The summed E-state index contributed by atoms with van der Waals surface area (Å²) in [5.41, 5.74) is 0. The van der Waals surface area contributed by atoms with Gasteiger partial charge in [-0.25, -0.2) is 0 Å². The molecule has 1 N–H and O–H groups in total. The van der Waals surface area contributed by atoms with Gasteiger partial charge >= 0.3 is 0 Å². The Balaban J connectivity index is 1.97. The van der Waals surface area contributed by atoms with Crippen LogP contribution >= 0.6 is 0 Å². The van der Waals surface area contributed by atoms with E-state index < -0.39 is 0 Å². The molecule has 0 saturated heterocycles. The molecule has 82 valence electrons. The number of nitrogens with zero attached hydrogens (tertiary/aromatic N) is 1. The van der Waals surface area contributed by atoms with Crippen molar-refractivity contribution >= 4 is 5.91 Å². The first-order chi connectivity index (χ1) is 6.75. The largest absolute Gasteiger partial charge is 0.380 e. The van der Waals surface area contributed by atoms with Gasteiger partial charge in [-0.1, -0.05) is 0 Å². The molecule has 1 aliphatic rings. The van der Waals surface area contributed by atoms with Gasteiger partial charge in [-0.3, -0.25) is 4.79 Å². The van der Waals surface area contributed by atoms with Crippen LogP contribution in [-0.2, 0) is 9.53 Å². The Morgan fingerprint density at radius 1 is 1.57 bits per heavy atom. The van der Waals surface area contributed by atoms with Gasteiger partial charge < -0.3 is 15.0 Å². The smallest absolute Gasteiger partial charge is 0.236 e. The van der Waals surface area contributed by atoms with Gasteiger partial charge in [-0.15, -0.1) is 0 Å². The fourth-order valence-electron chi connectivity index (χ4n) is 1.27. The molecule has 0 heterocycles. The van der Waals surface area contributed by atoms with Gasteiger partial charge in [0.2, 0.25) is 5.91 Å². The maximum Gasteiger partial charge on any atom is 0.236 e. The van der Waals surface area contributed by atoms with Crippen LogP contribution in [-0.4, -0.2) is 50.2 Å². The van der Waals surface area contributed by atoms with Crippen molar-refractivity contribution in [3.05, 3.63) is 0 Å². The van der Waals surface area contributed by atoms with Crippen molar-refractivity contribution in [2.24, 2.45) is 0 Å². The van der Waals surface area contributed by atoms with Crippen LogP contribution in [0.2, 0.25) is 0 Å². The molecule has 1 fully saturated rings. The van der Waals surface area contributed by atoms with Crippen molar-refractivity contribution < 1.29 is 9.53 Å². The summed E-state index contributed by atoms with van der Waals surface area (Å²) >= 11 is 0. The third-order valence-corrected chi connectivity index (χ3v) is 2.39. The summed E-state index contributed by atoms with van der Waals surface area (Å²) in [4.78, 5) is 13.3. The minimum atomic E-state index is 0.184. The lowest BCUT2D eigenvalue weighted by Gasteiger charge is -2.16. The summed E-state index contributed by atoms with van der Waals surface area (Å²) in [5, 5.41) is 3.07. The fourth-order valence-corrected chi connectivity index (χ4v) is 1.27. The molecule has 0 aromatic carbocycles. The molecule has 1 aliphatic carbocycles.